The van der Waals surface area contributed by atoms with Crippen molar-refractivity contribution < 1.29 is 35.9 Å². The second kappa shape index (κ2) is 11.4. The molecule has 0 aliphatic carbocycles. The fourth-order valence-electron chi connectivity index (χ4n) is 5.53. The number of anilines is 2. The maximum atomic E-state index is 14.1. The lowest BCUT2D eigenvalue weighted by atomic mass is 9.81. The van der Waals surface area contributed by atoms with Gasteiger partial charge in [0.1, 0.15) is 5.82 Å². The molecule has 0 N–H and O–H groups in total. The molecule has 0 atom stereocenters. The van der Waals surface area contributed by atoms with E-state index < -0.39 is 40.4 Å². The number of pyridine rings is 1. The van der Waals surface area contributed by atoms with Gasteiger partial charge in [-0.05, 0) is 79.9 Å². The number of rotatable bonds is 5. The average molecular weight is 616 g/mol. The first-order chi connectivity index (χ1) is 20.6. The van der Waals surface area contributed by atoms with Crippen molar-refractivity contribution in [2.24, 2.45) is 0 Å². The van der Waals surface area contributed by atoms with E-state index in [1.807, 2.05) is 43.3 Å². The van der Waals surface area contributed by atoms with Crippen molar-refractivity contribution >= 4 is 28.3 Å². The number of fused-ring (bicyclic) bond motifs is 1. The van der Waals surface area contributed by atoms with Gasteiger partial charge in [-0.2, -0.15) is 26.3 Å². The van der Waals surface area contributed by atoms with Crippen molar-refractivity contribution in [2.75, 3.05) is 43.2 Å². The first kappa shape index (κ1) is 31.3. The summed E-state index contributed by atoms with van der Waals surface area (Å²) in [5.74, 6) is 0.0943. The number of hydrogen-bond donors (Lipinski definition) is 0. The molecule has 5 nitrogen and oxygen atoms in total. The molecule has 1 aromatic heterocycles. The minimum absolute atomic E-state index is 0.0611. The molecule has 1 fully saturated rings. The fourth-order valence-corrected chi connectivity index (χ4v) is 5.53. The monoisotopic (exact) mass is 615 g/mol. The number of likely N-dealkylation sites (N-methyl/N-ethyl adjacent to an activating group) is 1. The van der Waals surface area contributed by atoms with Crippen molar-refractivity contribution in [3.05, 3.63) is 89.0 Å². The normalized spacial score (nSPS) is 14.6. The number of ether oxygens (including phenoxy) is 1. The Labute approximate surface area is 251 Å². The van der Waals surface area contributed by atoms with Crippen molar-refractivity contribution in [1.82, 2.24) is 4.98 Å². The average Bonchev–Trinajstić information content (AvgIpc) is 2.99. The molecule has 0 unspecified atom stereocenters. The van der Waals surface area contributed by atoms with E-state index in [1.54, 1.807) is 12.1 Å². The Bertz CT molecular complexity index is 1680. The van der Waals surface area contributed by atoms with Crippen LogP contribution in [0, 0.1) is 6.92 Å². The van der Waals surface area contributed by atoms with Crippen LogP contribution in [0.25, 0.3) is 22.0 Å². The molecular formula is C33H31F6N3O2. The van der Waals surface area contributed by atoms with E-state index in [-0.39, 0.29) is 6.07 Å². The largest absolute Gasteiger partial charge is 0.416 e. The first-order valence-electron chi connectivity index (χ1n) is 14.0. The first-order valence-corrected chi connectivity index (χ1v) is 14.0. The third-order valence-electron chi connectivity index (χ3n) is 8.09. The zero-order chi connectivity index (χ0) is 32.0. The molecule has 1 saturated heterocycles. The highest BCUT2D eigenvalue weighted by Crippen LogP contribution is 2.42. The highest BCUT2D eigenvalue weighted by Gasteiger charge is 2.41. The van der Waals surface area contributed by atoms with Crippen LogP contribution in [0.2, 0.25) is 0 Å². The van der Waals surface area contributed by atoms with Gasteiger partial charge >= 0.3 is 12.4 Å². The molecule has 0 spiro atoms. The number of aryl methyl sites for hydroxylation is 1. The predicted molar refractivity (Wildman–Crippen MR) is 158 cm³/mol. The number of amides is 1. The highest BCUT2D eigenvalue weighted by molar-refractivity contribution is 6.09. The smallest absolute Gasteiger partial charge is 0.378 e. The fraction of sp³-hybridized carbons (Fsp3) is 0.333. The van der Waals surface area contributed by atoms with Crippen LogP contribution in [-0.2, 0) is 27.3 Å². The number of benzene rings is 3. The van der Waals surface area contributed by atoms with Crippen LogP contribution in [0.15, 0.2) is 66.7 Å². The number of carbonyl (C=O) groups is 1. The topological polar surface area (TPSA) is 45.7 Å². The Kier molecular flexibility index (Phi) is 8.13. The number of halogens is 6. The number of hydrogen-bond acceptors (Lipinski definition) is 4. The van der Waals surface area contributed by atoms with Gasteiger partial charge in [-0.25, -0.2) is 4.98 Å². The minimum Gasteiger partial charge on any atom is -0.378 e. The Morgan fingerprint density at radius 1 is 0.841 bits per heavy atom. The molecule has 1 aliphatic rings. The van der Waals surface area contributed by atoms with E-state index in [4.69, 9.17) is 9.72 Å². The van der Waals surface area contributed by atoms with Gasteiger partial charge in [0.2, 0.25) is 5.91 Å². The van der Waals surface area contributed by atoms with Gasteiger partial charge < -0.3 is 14.5 Å². The summed E-state index contributed by atoms with van der Waals surface area (Å²) in [6.07, 6.45) is -10.1. The molecule has 0 radical (unpaired) electrons. The Morgan fingerprint density at radius 3 is 2.02 bits per heavy atom. The molecule has 5 rings (SSSR count). The molecule has 232 valence electrons. The van der Waals surface area contributed by atoms with E-state index in [1.165, 1.54) is 25.8 Å². The summed E-state index contributed by atoms with van der Waals surface area (Å²) < 4.78 is 87.3. The lowest BCUT2D eigenvalue weighted by Gasteiger charge is -2.32. The number of alkyl halides is 6. The summed E-state index contributed by atoms with van der Waals surface area (Å²) in [6, 6.07) is 16.1. The van der Waals surface area contributed by atoms with Crippen molar-refractivity contribution in [3.8, 4) is 11.1 Å². The molecule has 0 saturated carbocycles. The van der Waals surface area contributed by atoms with Gasteiger partial charge in [0, 0.05) is 31.1 Å². The van der Waals surface area contributed by atoms with Crippen molar-refractivity contribution in [1.29, 1.82) is 0 Å². The van der Waals surface area contributed by atoms with Crippen molar-refractivity contribution in [2.45, 2.75) is 38.5 Å². The lowest BCUT2D eigenvalue weighted by molar-refractivity contribution is -0.143. The van der Waals surface area contributed by atoms with E-state index in [0.717, 1.165) is 22.3 Å². The van der Waals surface area contributed by atoms with Crippen LogP contribution in [0.3, 0.4) is 0 Å². The highest BCUT2D eigenvalue weighted by atomic mass is 19.4. The molecule has 2 heterocycles. The number of carbonyl (C=O) groups excluding carboxylic acids is 1. The van der Waals surface area contributed by atoms with Crippen LogP contribution in [-0.4, -0.2) is 44.2 Å². The van der Waals surface area contributed by atoms with Gasteiger partial charge in [0.25, 0.3) is 0 Å². The minimum atomic E-state index is -5.04. The molecule has 3 aromatic carbocycles. The van der Waals surface area contributed by atoms with Gasteiger partial charge in [-0.3, -0.25) is 4.79 Å². The summed E-state index contributed by atoms with van der Waals surface area (Å²) in [5.41, 5.74) is -1.60. The van der Waals surface area contributed by atoms with Gasteiger partial charge in [-0.1, -0.05) is 24.3 Å². The second-order valence-corrected chi connectivity index (χ2v) is 11.4. The quantitative estimate of drug-likeness (QED) is 0.213. The van der Waals surface area contributed by atoms with Gasteiger partial charge in [0.15, 0.2) is 0 Å². The molecule has 1 amide bonds. The Morgan fingerprint density at radius 2 is 1.43 bits per heavy atom. The molecule has 1 aliphatic heterocycles. The Hall–Kier alpha value is -4.12. The van der Waals surface area contributed by atoms with E-state index in [0.29, 0.717) is 55.2 Å². The standard InChI is InChI=1S/C33H31F6N3O2/c1-20-7-5-6-8-24(20)29-25-9-12-28(42-13-15-44-16-14-42)40-26(25)10-11-27(29)41(4)30(43)31(2,3)21-17-22(32(34,35)36)19-23(18-21)33(37,38)39/h5-12,17-19H,13-16H2,1-4H3. The second-order valence-electron chi connectivity index (χ2n) is 11.4. The predicted octanol–water partition coefficient (Wildman–Crippen LogP) is 8.03. The maximum absolute atomic E-state index is 14.1. The molecule has 11 heteroatoms. The number of nitrogens with zero attached hydrogens (tertiary/aromatic N) is 3. The van der Waals surface area contributed by atoms with Crippen LogP contribution in [0.1, 0.15) is 36.1 Å². The summed E-state index contributed by atoms with van der Waals surface area (Å²) in [7, 11) is 1.47. The molecule has 0 bridgehead atoms. The molecule has 44 heavy (non-hydrogen) atoms. The number of morpholine rings is 1. The summed E-state index contributed by atoms with van der Waals surface area (Å²) in [4.78, 5) is 22.4. The maximum Gasteiger partial charge on any atom is 0.416 e. The summed E-state index contributed by atoms with van der Waals surface area (Å²) >= 11 is 0. The third kappa shape index (κ3) is 5.97. The molecular weight excluding hydrogens is 584 g/mol. The van der Waals surface area contributed by atoms with E-state index >= 15 is 0 Å². The van der Waals surface area contributed by atoms with Gasteiger partial charge in [-0.15, -0.1) is 0 Å². The van der Waals surface area contributed by atoms with Crippen LogP contribution >= 0.6 is 0 Å². The summed E-state index contributed by atoms with van der Waals surface area (Å²) in [6.45, 7) is 7.13. The van der Waals surface area contributed by atoms with E-state index in [9.17, 15) is 31.1 Å². The summed E-state index contributed by atoms with van der Waals surface area (Å²) in [5, 5.41) is 0.740. The van der Waals surface area contributed by atoms with Crippen LogP contribution in [0.5, 0.6) is 0 Å². The number of aromatic nitrogens is 1. The third-order valence-corrected chi connectivity index (χ3v) is 8.09. The zero-order valence-corrected chi connectivity index (χ0v) is 24.6. The molecule has 4 aromatic rings. The van der Waals surface area contributed by atoms with Gasteiger partial charge in [0.05, 0.1) is 41.0 Å². The Balaban J connectivity index is 1.63. The van der Waals surface area contributed by atoms with Crippen molar-refractivity contribution in [3.63, 3.8) is 0 Å². The van der Waals surface area contributed by atoms with E-state index in [2.05, 4.69) is 4.90 Å². The zero-order valence-electron chi connectivity index (χ0n) is 24.6. The van der Waals surface area contributed by atoms with Crippen LogP contribution in [0.4, 0.5) is 37.8 Å². The van der Waals surface area contributed by atoms with Crippen LogP contribution < -0.4 is 9.80 Å². The SMILES string of the molecule is Cc1ccccc1-c1c(N(C)C(=O)C(C)(C)c2cc(C(F)(F)F)cc(C(F)(F)F)c2)ccc2nc(N3CCOCC3)ccc12. The lowest BCUT2D eigenvalue weighted by Crippen LogP contribution is -2.42.